The van der Waals surface area contributed by atoms with Crippen LogP contribution in [0.3, 0.4) is 0 Å². The topological polar surface area (TPSA) is 12.4 Å². The van der Waals surface area contributed by atoms with E-state index in [1.54, 1.807) is 0 Å². The third-order valence-electron chi connectivity index (χ3n) is 1.98. The maximum absolute atomic E-state index is 5.85. The minimum atomic E-state index is -0.0228. The van der Waals surface area contributed by atoms with E-state index in [4.69, 9.17) is 16.6 Å². The van der Waals surface area contributed by atoms with Crippen LogP contribution in [0.25, 0.3) is 0 Å². The van der Waals surface area contributed by atoms with Crippen molar-refractivity contribution in [3.63, 3.8) is 0 Å². The first-order valence-corrected chi connectivity index (χ1v) is 5.65. The summed E-state index contributed by atoms with van der Waals surface area (Å²) >= 11 is 5.85. The van der Waals surface area contributed by atoms with E-state index in [9.17, 15) is 0 Å². The molecule has 0 heterocycles. The lowest BCUT2D eigenvalue weighted by atomic mass is 10.1. The van der Waals surface area contributed by atoms with E-state index in [2.05, 4.69) is 27.7 Å². The summed E-state index contributed by atoms with van der Waals surface area (Å²) in [6.45, 7) is 8.45. The predicted molar refractivity (Wildman–Crippen MR) is 68.0 cm³/mol. The van der Waals surface area contributed by atoms with Gasteiger partial charge in [-0.2, -0.15) is 0 Å². The summed E-state index contributed by atoms with van der Waals surface area (Å²) in [7, 11) is 0. The Balaban J connectivity index is 3.03. The molecule has 2 heteroatoms. The molecule has 0 saturated heterocycles. The normalized spacial score (nSPS) is 13.0. The molecule has 15 heavy (non-hydrogen) atoms. The van der Waals surface area contributed by atoms with Crippen LogP contribution < -0.4 is 0 Å². The van der Waals surface area contributed by atoms with Crippen LogP contribution in [0.4, 0.5) is 0 Å². The average Bonchev–Trinajstić information content (AvgIpc) is 2.14. The highest BCUT2D eigenvalue weighted by Gasteiger charge is 2.10. The van der Waals surface area contributed by atoms with Gasteiger partial charge in [0.05, 0.1) is 5.54 Å². The Labute approximate surface area is 97.2 Å². The van der Waals surface area contributed by atoms with E-state index < -0.39 is 0 Å². The number of benzene rings is 1. The molecule has 0 aliphatic heterocycles. The van der Waals surface area contributed by atoms with Crippen LogP contribution in [0.15, 0.2) is 29.3 Å². The molecule has 0 saturated carbocycles. The summed E-state index contributed by atoms with van der Waals surface area (Å²) in [5.41, 5.74) is 2.28. The zero-order valence-corrected chi connectivity index (χ0v) is 10.6. The maximum atomic E-state index is 5.85. The van der Waals surface area contributed by atoms with E-state index in [-0.39, 0.29) is 5.54 Å². The number of hydrogen-bond donors (Lipinski definition) is 0. The Hall–Kier alpha value is -0.820. The van der Waals surface area contributed by atoms with Gasteiger partial charge in [0.2, 0.25) is 0 Å². The number of hydrogen-bond acceptors (Lipinski definition) is 1. The second-order valence-electron chi connectivity index (χ2n) is 4.59. The number of nitrogens with zero attached hydrogens (tertiary/aromatic N) is 1. The first-order chi connectivity index (χ1) is 6.92. The van der Waals surface area contributed by atoms with Gasteiger partial charge in [0.1, 0.15) is 0 Å². The Bertz CT molecular complexity index is 344. The molecule has 0 radical (unpaired) electrons. The summed E-state index contributed by atoms with van der Waals surface area (Å²) in [5.74, 6) is 0. The third kappa shape index (κ3) is 4.05. The number of rotatable bonds is 2. The maximum Gasteiger partial charge on any atom is 0.0527 e. The predicted octanol–water partition coefficient (Wildman–Crippen LogP) is 4.34. The smallest absolute Gasteiger partial charge is 0.0527 e. The van der Waals surface area contributed by atoms with E-state index >= 15 is 0 Å². The van der Waals surface area contributed by atoms with Gasteiger partial charge in [-0.25, -0.2) is 0 Å². The summed E-state index contributed by atoms with van der Waals surface area (Å²) in [6, 6.07) is 7.86. The number of halogens is 1. The molecule has 0 bridgehead atoms. The second-order valence-corrected chi connectivity index (χ2v) is 5.03. The van der Waals surface area contributed by atoms with Gasteiger partial charge in [0.15, 0.2) is 0 Å². The lowest BCUT2D eigenvalue weighted by Gasteiger charge is -2.15. The Morgan fingerprint density at radius 1 is 1.20 bits per heavy atom. The van der Waals surface area contributed by atoms with Gasteiger partial charge in [-0.05, 0) is 44.9 Å². The Kier molecular flexibility index (Phi) is 3.92. The molecular weight excluding hydrogens is 206 g/mol. The van der Waals surface area contributed by atoms with Crippen LogP contribution in [-0.2, 0) is 0 Å². The van der Waals surface area contributed by atoms with Crippen molar-refractivity contribution in [1.82, 2.24) is 0 Å². The molecule has 0 aliphatic rings. The molecule has 0 amide bonds. The molecule has 0 atom stereocenters. The van der Waals surface area contributed by atoms with Crippen molar-refractivity contribution in [3.8, 4) is 0 Å². The highest BCUT2D eigenvalue weighted by Crippen LogP contribution is 2.15. The van der Waals surface area contributed by atoms with Crippen molar-refractivity contribution in [2.24, 2.45) is 4.99 Å². The quantitative estimate of drug-likeness (QED) is 0.662. The third-order valence-corrected chi connectivity index (χ3v) is 2.23. The molecule has 0 aliphatic carbocycles. The van der Waals surface area contributed by atoms with E-state index in [1.165, 1.54) is 0 Å². The number of aliphatic imine (C=N–C) groups is 1. The minimum absolute atomic E-state index is 0.0228. The van der Waals surface area contributed by atoms with Crippen LogP contribution in [0.5, 0.6) is 0 Å². The van der Waals surface area contributed by atoms with E-state index in [1.807, 2.05) is 24.3 Å². The summed E-state index contributed by atoms with van der Waals surface area (Å²) in [6.07, 6.45) is 0.943. The van der Waals surface area contributed by atoms with Gasteiger partial charge in [-0.3, -0.25) is 4.99 Å². The zero-order chi connectivity index (χ0) is 11.5. The zero-order valence-electron chi connectivity index (χ0n) is 9.84. The molecule has 0 N–H and O–H groups in total. The van der Waals surface area contributed by atoms with Crippen molar-refractivity contribution in [3.05, 3.63) is 34.9 Å². The van der Waals surface area contributed by atoms with Crippen molar-refractivity contribution in [2.75, 3.05) is 0 Å². The van der Waals surface area contributed by atoms with Gasteiger partial charge < -0.3 is 0 Å². The van der Waals surface area contributed by atoms with Crippen molar-refractivity contribution in [2.45, 2.75) is 39.7 Å². The molecule has 1 aromatic carbocycles. The van der Waals surface area contributed by atoms with Crippen molar-refractivity contribution in [1.29, 1.82) is 0 Å². The van der Waals surface area contributed by atoms with Gasteiger partial charge in [-0.1, -0.05) is 30.7 Å². The highest BCUT2D eigenvalue weighted by molar-refractivity contribution is 6.30. The molecule has 0 aromatic heterocycles. The fourth-order valence-corrected chi connectivity index (χ4v) is 1.52. The van der Waals surface area contributed by atoms with Gasteiger partial charge in [0, 0.05) is 10.7 Å². The molecule has 0 fully saturated rings. The monoisotopic (exact) mass is 223 g/mol. The molecule has 1 nitrogen and oxygen atoms in total. The summed E-state index contributed by atoms with van der Waals surface area (Å²) in [4.78, 5) is 4.70. The molecule has 82 valence electrons. The molecule has 1 rings (SSSR count). The fraction of sp³-hybridized carbons (Fsp3) is 0.462. The Morgan fingerprint density at radius 3 is 2.13 bits per heavy atom. The van der Waals surface area contributed by atoms with Crippen LogP contribution in [-0.4, -0.2) is 11.3 Å². The minimum Gasteiger partial charge on any atom is -0.283 e. The SMILES string of the molecule is CCC(=NC(C)(C)C)c1ccc(Cl)cc1. The van der Waals surface area contributed by atoms with Crippen LogP contribution in [0.2, 0.25) is 5.02 Å². The molecule has 0 unspecified atom stereocenters. The van der Waals surface area contributed by atoms with Gasteiger partial charge >= 0.3 is 0 Å². The summed E-state index contributed by atoms with van der Waals surface area (Å²) < 4.78 is 0. The van der Waals surface area contributed by atoms with Crippen molar-refractivity contribution < 1.29 is 0 Å². The van der Waals surface area contributed by atoms with Gasteiger partial charge in [0.25, 0.3) is 0 Å². The van der Waals surface area contributed by atoms with E-state index in [0.29, 0.717) is 0 Å². The lowest BCUT2D eigenvalue weighted by molar-refractivity contribution is 0.582. The van der Waals surface area contributed by atoms with E-state index in [0.717, 1.165) is 22.7 Å². The molecule has 1 aromatic rings. The first kappa shape index (κ1) is 12.3. The highest BCUT2D eigenvalue weighted by atomic mass is 35.5. The largest absolute Gasteiger partial charge is 0.283 e. The summed E-state index contributed by atoms with van der Waals surface area (Å²) in [5, 5.41) is 0.768. The first-order valence-electron chi connectivity index (χ1n) is 5.27. The van der Waals surface area contributed by atoms with Crippen LogP contribution in [0.1, 0.15) is 39.7 Å². The average molecular weight is 224 g/mol. The molecule has 0 spiro atoms. The Morgan fingerprint density at radius 2 is 1.73 bits per heavy atom. The van der Waals surface area contributed by atoms with Gasteiger partial charge in [-0.15, -0.1) is 0 Å². The second kappa shape index (κ2) is 4.80. The lowest BCUT2D eigenvalue weighted by Crippen LogP contribution is -2.14. The van der Waals surface area contributed by atoms with Crippen LogP contribution >= 0.6 is 11.6 Å². The standard InChI is InChI=1S/C13H18ClN/c1-5-12(15-13(2,3)4)10-6-8-11(14)9-7-10/h6-9H,5H2,1-4H3. The molecular formula is C13H18ClN. The van der Waals surface area contributed by atoms with Crippen molar-refractivity contribution >= 4 is 17.3 Å². The fourth-order valence-electron chi connectivity index (χ4n) is 1.39. The van der Waals surface area contributed by atoms with Crippen LogP contribution in [0, 0.1) is 0 Å².